The zero-order valence-electron chi connectivity index (χ0n) is 7.74. The molecule has 0 amide bonds. The van der Waals surface area contributed by atoms with E-state index in [4.69, 9.17) is 0 Å². The molecule has 0 aromatic heterocycles. The number of methoxy groups -OCH3 is 1. The first kappa shape index (κ1) is 10.7. The number of benzene rings is 1. The van der Waals surface area contributed by atoms with Crippen LogP contribution in [0.25, 0.3) is 0 Å². The Kier molecular flexibility index (Phi) is 3.59. The lowest BCUT2D eigenvalue weighted by Crippen LogP contribution is -2.13. The van der Waals surface area contributed by atoms with E-state index >= 15 is 0 Å². The van der Waals surface area contributed by atoms with Crippen LogP contribution in [0.2, 0.25) is 0 Å². The Hall–Kier alpha value is -1.42. The number of ether oxygens (including phenoxy) is 1. The summed E-state index contributed by atoms with van der Waals surface area (Å²) in [5.41, 5.74) is 0.903. The summed E-state index contributed by atoms with van der Waals surface area (Å²) in [7, 11) is 1.20. The number of carbonyl (C=O) groups is 1. The Labute approximate surface area is 81.1 Å². The highest BCUT2D eigenvalue weighted by Gasteiger charge is 2.17. The number of aliphatic hydroxyl groups is 1. The molecule has 4 heteroatoms. The molecule has 0 saturated heterocycles. The van der Waals surface area contributed by atoms with Crippen molar-refractivity contribution in [3.8, 4) is 0 Å². The molecule has 0 fully saturated rings. The predicted molar refractivity (Wildman–Crippen MR) is 48.2 cm³/mol. The van der Waals surface area contributed by atoms with Crippen molar-refractivity contribution in [2.45, 2.75) is 12.8 Å². The van der Waals surface area contributed by atoms with Crippen LogP contribution in [0, 0.1) is 0 Å². The Morgan fingerprint density at radius 1 is 1.50 bits per heavy atom. The molecule has 0 heterocycles. The van der Waals surface area contributed by atoms with Crippen molar-refractivity contribution in [3.63, 3.8) is 0 Å². The molecule has 1 aromatic rings. The molecule has 1 atom stereocenters. The van der Waals surface area contributed by atoms with Gasteiger partial charge in [0.15, 0.2) is 6.10 Å². The van der Waals surface area contributed by atoms with Crippen LogP contribution < -0.4 is 0 Å². The first-order valence-corrected chi connectivity index (χ1v) is 4.09. The van der Waals surface area contributed by atoms with Gasteiger partial charge in [-0.2, -0.15) is 0 Å². The molecule has 1 unspecified atom stereocenters. The first-order valence-electron chi connectivity index (χ1n) is 4.09. The van der Waals surface area contributed by atoms with Gasteiger partial charge in [0.25, 0.3) is 0 Å². The molecular formula is C10H11FO3. The summed E-state index contributed by atoms with van der Waals surface area (Å²) in [4.78, 5) is 10.9. The maximum absolute atomic E-state index is 12.1. The minimum Gasteiger partial charge on any atom is -0.467 e. The number of alkyl halides is 1. The van der Waals surface area contributed by atoms with Gasteiger partial charge in [0.1, 0.15) is 6.67 Å². The van der Waals surface area contributed by atoms with E-state index in [0.717, 1.165) is 0 Å². The average Bonchev–Trinajstić information content (AvgIpc) is 2.27. The van der Waals surface area contributed by atoms with Crippen molar-refractivity contribution in [1.82, 2.24) is 0 Å². The van der Waals surface area contributed by atoms with E-state index in [2.05, 4.69) is 4.74 Å². The van der Waals surface area contributed by atoms with Crippen LogP contribution in [0.4, 0.5) is 4.39 Å². The van der Waals surface area contributed by atoms with Gasteiger partial charge in [0.2, 0.25) is 0 Å². The second-order valence-electron chi connectivity index (χ2n) is 2.80. The Balaban J connectivity index is 2.81. The monoisotopic (exact) mass is 198 g/mol. The topological polar surface area (TPSA) is 46.5 Å². The predicted octanol–water partition coefficient (Wildman–Crippen LogP) is 1.36. The minimum absolute atomic E-state index is 0.397. The van der Waals surface area contributed by atoms with E-state index in [9.17, 15) is 14.3 Å². The molecule has 0 spiro atoms. The summed E-state index contributed by atoms with van der Waals surface area (Å²) in [5.74, 6) is -0.724. The van der Waals surface area contributed by atoms with Crippen molar-refractivity contribution in [2.75, 3.05) is 7.11 Å². The SMILES string of the molecule is COC(=O)C(O)c1ccc(CF)cc1. The molecule has 1 aromatic carbocycles. The number of rotatable bonds is 3. The van der Waals surface area contributed by atoms with Gasteiger partial charge in [-0.25, -0.2) is 9.18 Å². The van der Waals surface area contributed by atoms with Crippen molar-refractivity contribution >= 4 is 5.97 Å². The molecule has 0 bridgehead atoms. The van der Waals surface area contributed by atoms with Crippen LogP contribution in [0.3, 0.4) is 0 Å². The third-order valence-electron chi connectivity index (χ3n) is 1.87. The summed E-state index contributed by atoms with van der Waals surface area (Å²) in [6.07, 6.45) is -1.30. The maximum Gasteiger partial charge on any atom is 0.339 e. The zero-order valence-corrected chi connectivity index (χ0v) is 7.74. The standard InChI is InChI=1S/C10H11FO3/c1-14-10(13)9(12)8-4-2-7(6-11)3-5-8/h2-5,9,12H,6H2,1H3. The van der Waals surface area contributed by atoms with Gasteiger partial charge in [0.05, 0.1) is 7.11 Å². The highest BCUT2D eigenvalue weighted by atomic mass is 19.1. The van der Waals surface area contributed by atoms with E-state index in [-0.39, 0.29) is 0 Å². The van der Waals surface area contributed by atoms with Crippen molar-refractivity contribution in [3.05, 3.63) is 35.4 Å². The van der Waals surface area contributed by atoms with Crippen LogP contribution in [-0.2, 0) is 16.2 Å². The largest absolute Gasteiger partial charge is 0.467 e. The Morgan fingerprint density at radius 2 is 2.07 bits per heavy atom. The van der Waals surface area contributed by atoms with Gasteiger partial charge >= 0.3 is 5.97 Å². The molecule has 14 heavy (non-hydrogen) atoms. The number of halogens is 1. The molecule has 0 aliphatic carbocycles. The molecule has 3 nitrogen and oxygen atoms in total. The highest BCUT2D eigenvalue weighted by Crippen LogP contribution is 2.15. The van der Waals surface area contributed by atoms with Crippen LogP contribution >= 0.6 is 0 Å². The van der Waals surface area contributed by atoms with Gasteiger partial charge in [0, 0.05) is 0 Å². The second kappa shape index (κ2) is 4.72. The van der Waals surface area contributed by atoms with Gasteiger partial charge in [-0.15, -0.1) is 0 Å². The maximum atomic E-state index is 12.1. The third kappa shape index (κ3) is 2.29. The van der Waals surface area contributed by atoms with E-state index < -0.39 is 18.7 Å². The zero-order chi connectivity index (χ0) is 10.6. The molecule has 1 N–H and O–H groups in total. The number of hydrogen-bond donors (Lipinski definition) is 1. The smallest absolute Gasteiger partial charge is 0.339 e. The molecule has 0 radical (unpaired) electrons. The molecular weight excluding hydrogens is 187 g/mol. The van der Waals surface area contributed by atoms with Gasteiger partial charge in [-0.05, 0) is 11.1 Å². The van der Waals surface area contributed by atoms with Crippen LogP contribution in [-0.4, -0.2) is 18.2 Å². The number of hydrogen-bond acceptors (Lipinski definition) is 3. The Morgan fingerprint density at radius 3 is 2.50 bits per heavy atom. The molecule has 0 aliphatic rings. The van der Waals surface area contributed by atoms with Gasteiger partial charge in [-0.1, -0.05) is 24.3 Å². The third-order valence-corrected chi connectivity index (χ3v) is 1.87. The van der Waals surface area contributed by atoms with E-state index in [1.165, 1.54) is 31.4 Å². The lowest BCUT2D eigenvalue weighted by Gasteiger charge is -2.08. The van der Waals surface area contributed by atoms with Gasteiger partial charge < -0.3 is 9.84 Å². The molecule has 1 rings (SSSR count). The lowest BCUT2D eigenvalue weighted by molar-refractivity contribution is -0.150. The number of carbonyl (C=O) groups excluding carboxylic acids is 1. The summed E-state index contributed by atoms with van der Waals surface area (Å²) >= 11 is 0. The molecule has 0 saturated carbocycles. The van der Waals surface area contributed by atoms with Crippen LogP contribution in [0.5, 0.6) is 0 Å². The van der Waals surface area contributed by atoms with E-state index in [0.29, 0.717) is 11.1 Å². The summed E-state index contributed by atoms with van der Waals surface area (Å²) in [5, 5.41) is 9.38. The van der Waals surface area contributed by atoms with Crippen molar-refractivity contribution in [2.24, 2.45) is 0 Å². The number of esters is 1. The summed E-state index contributed by atoms with van der Waals surface area (Å²) in [6, 6.07) is 6.02. The Bertz CT molecular complexity index is 308. The quantitative estimate of drug-likeness (QED) is 0.746. The second-order valence-corrected chi connectivity index (χ2v) is 2.80. The minimum atomic E-state index is -1.30. The fraction of sp³-hybridized carbons (Fsp3) is 0.300. The highest BCUT2D eigenvalue weighted by molar-refractivity contribution is 5.76. The average molecular weight is 198 g/mol. The summed E-state index contributed by atoms with van der Waals surface area (Å²) < 4.78 is 16.5. The van der Waals surface area contributed by atoms with Crippen LogP contribution in [0.15, 0.2) is 24.3 Å². The van der Waals surface area contributed by atoms with E-state index in [1.54, 1.807) is 0 Å². The van der Waals surface area contributed by atoms with Crippen molar-refractivity contribution in [1.29, 1.82) is 0 Å². The van der Waals surface area contributed by atoms with Crippen LogP contribution in [0.1, 0.15) is 17.2 Å². The fourth-order valence-electron chi connectivity index (χ4n) is 1.04. The summed E-state index contributed by atoms with van der Waals surface area (Å²) in [6.45, 7) is -0.561. The molecule has 76 valence electrons. The molecule has 0 aliphatic heterocycles. The normalized spacial score (nSPS) is 12.2. The first-order chi connectivity index (χ1) is 6.69. The van der Waals surface area contributed by atoms with Crippen molar-refractivity contribution < 1.29 is 19.0 Å². The van der Waals surface area contributed by atoms with Gasteiger partial charge in [-0.3, -0.25) is 0 Å². The lowest BCUT2D eigenvalue weighted by atomic mass is 10.1. The van der Waals surface area contributed by atoms with E-state index in [1.807, 2.05) is 0 Å². The fourth-order valence-corrected chi connectivity index (χ4v) is 1.04. The number of aliphatic hydroxyl groups excluding tert-OH is 1.